The van der Waals surface area contributed by atoms with E-state index in [1.54, 1.807) is 0 Å². The van der Waals surface area contributed by atoms with E-state index in [1.165, 1.54) is 77.0 Å². The van der Waals surface area contributed by atoms with E-state index in [9.17, 15) is 19.4 Å². The average molecular weight is 785 g/mol. The molecule has 0 saturated heterocycles. The first kappa shape index (κ1) is 52.4. The van der Waals surface area contributed by atoms with Crippen molar-refractivity contribution < 1.29 is 43.0 Å². The van der Waals surface area contributed by atoms with E-state index >= 15 is 0 Å². The van der Waals surface area contributed by atoms with Crippen LogP contribution in [0, 0.1) is 0 Å². The second-order valence-corrected chi connectivity index (χ2v) is 15.8. The maximum absolute atomic E-state index is 12.6. The lowest BCUT2D eigenvalue weighted by molar-refractivity contribution is -0.154. The molecule has 0 heterocycles. The number of aliphatic hydroxyl groups excluding tert-OH is 2. The molecule has 0 bridgehead atoms. The van der Waals surface area contributed by atoms with E-state index < -0.39 is 39.2 Å². The molecule has 0 aliphatic rings. The smallest absolute Gasteiger partial charge is 0.457 e. The van der Waals surface area contributed by atoms with Crippen molar-refractivity contribution in [3.63, 3.8) is 0 Å². The minimum Gasteiger partial charge on any atom is -0.457 e. The Hall–Kier alpha value is -1.58. The van der Waals surface area contributed by atoms with Crippen LogP contribution in [0.3, 0.4) is 0 Å². The van der Waals surface area contributed by atoms with E-state index in [1.807, 2.05) is 0 Å². The lowest BCUT2D eigenvalue weighted by atomic mass is 10.1. The van der Waals surface area contributed by atoms with Gasteiger partial charge >= 0.3 is 13.8 Å². The molecule has 0 aromatic heterocycles. The Morgan fingerprint density at radius 2 is 1.02 bits per heavy atom. The highest BCUT2D eigenvalue weighted by atomic mass is 31.2. The number of ether oxygens (including phenoxy) is 2. The fourth-order valence-corrected chi connectivity index (χ4v) is 6.43. The van der Waals surface area contributed by atoms with Crippen LogP contribution >= 0.6 is 7.82 Å². The molecule has 10 heteroatoms. The minimum atomic E-state index is -4.52. The normalized spacial score (nSPS) is 14.5. The number of phosphoric ester groups is 1. The van der Waals surface area contributed by atoms with Crippen molar-refractivity contribution in [2.75, 3.05) is 33.0 Å². The maximum Gasteiger partial charge on any atom is 0.472 e. The first-order valence-corrected chi connectivity index (χ1v) is 23.1. The Morgan fingerprint density at radius 1 is 0.574 bits per heavy atom. The number of carbonyl (C=O) groups is 1. The van der Waals surface area contributed by atoms with Crippen LogP contribution in [0.15, 0.2) is 48.6 Å². The lowest BCUT2D eigenvalue weighted by Gasteiger charge is -2.20. The molecule has 9 nitrogen and oxygen atoms in total. The standard InChI is InChI=1S/C44H81O9P/c1-3-5-7-9-11-13-15-17-19-20-21-22-23-25-27-29-31-33-35-37-50-40-43(41-52-54(48,49)51-39-42(46)38-45)53-44(47)36-34-32-30-28-26-24-18-16-14-12-10-8-6-4-2/h10,12-13,15-16,18-20,42-43,45-46H,3-9,11,14,17,21-41H2,1-2H3,(H,48,49)/b12-10-,15-13-,18-16-,20-19-. The third-order valence-electron chi connectivity index (χ3n) is 8.99. The van der Waals surface area contributed by atoms with Crippen molar-refractivity contribution in [3.05, 3.63) is 48.6 Å². The van der Waals surface area contributed by atoms with Gasteiger partial charge in [0, 0.05) is 13.0 Å². The van der Waals surface area contributed by atoms with Crippen LogP contribution in [0.2, 0.25) is 0 Å². The lowest BCUT2D eigenvalue weighted by Crippen LogP contribution is -2.29. The number of hydrogen-bond donors (Lipinski definition) is 3. The zero-order chi connectivity index (χ0) is 39.6. The summed E-state index contributed by atoms with van der Waals surface area (Å²) in [4.78, 5) is 22.5. The number of allylic oxidation sites excluding steroid dienone is 8. The summed E-state index contributed by atoms with van der Waals surface area (Å²) < 4.78 is 33.3. The Labute approximate surface area is 330 Å². The van der Waals surface area contributed by atoms with Gasteiger partial charge in [-0.2, -0.15) is 0 Å². The van der Waals surface area contributed by atoms with Crippen molar-refractivity contribution in [1.82, 2.24) is 0 Å². The molecule has 0 aromatic rings. The van der Waals surface area contributed by atoms with Crippen LogP contribution in [0.25, 0.3) is 0 Å². The third-order valence-corrected chi connectivity index (χ3v) is 9.94. The van der Waals surface area contributed by atoms with Crippen molar-refractivity contribution in [1.29, 1.82) is 0 Å². The number of hydrogen-bond acceptors (Lipinski definition) is 8. The summed E-state index contributed by atoms with van der Waals surface area (Å²) in [6.07, 6.45) is 44.9. The molecule has 54 heavy (non-hydrogen) atoms. The van der Waals surface area contributed by atoms with Crippen LogP contribution in [-0.4, -0.2) is 66.3 Å². The van der Waals surface area contributed by atoms with E-state index in [0.29, 0.717) is 13.0 Å². The Bertz CT molecular complexity index is 981. The third kappa shape index (κ3) is 40.1. The highest BCUT2D eigenvalue weighted by molar-refractivity contribution is 7.47. The van der Waals surface area contributed by atoms with Crippen LogP contribution < -0.4 is 0 Å². The van der Waals surface area contributed by atoms with E-state index in [-0.39, 0.29) is 19.6 Å². The predicted molar refractivity (Wildman–Crippen MR) is 223 cm³/mol. The van der Waals surface area contributed by atoms with Gasteiger partial charge < -0.3 is 24.6 Å². The maximum atomic E-state index is 12.6. The monoisotopic (exact) mass is 785 g/mol. The number of unbranched alkanes of at least 4 members (excludes halogenated alkanes) is 19. The summed E-state index contributed by atoms with van der Waals surface area (Å²) in [5.41, 5.74) is 0. The summed E-state index contributed by atoms with van der Waals surface area (Å²) in [5.74, 6) is -0.400. The van der Waals surface area contributed by atoms with Crippen molar-refractivity contribution in [3.8, 4) is 0 Å². The molecule has 3 N–H and O–H groups in total. The van der Waals surface area contributed by atoms with Crippen LogP contribution in [0.5, 0.6) is 0 Å². The minimum absolute atomic E-state index is 0.0385. The quantitative estimate of drug-likeness (QED) is 0.0240. The highest BCUT2D eigenvalue weighted by Crippen LogP contribution is 2.43. The van der Waals surface area contributed by atoms with Gasteiger partial charge in [0.15, 0.2) is 0 Å². The number of aliphatic hydroxyl groups is 2. The van der Waals surface area contributed by atoms with E-state index in [0.717, 1.165) is 77.0 Å². The molecule has 3 unspecified atom stereocenters. The van der Waals surface area contributed by atoms with Crippen molar-refractivity contribution >= 4 is 13.8 Å². The topological polar surface area (TPSA) is 132 Å². The number of rotatable bonds is 41. The first-order valence-electron chi connectivity index (χ1n) is 21.6. The fraction of sp³-hybridized carbons (Fsp3) is 0.795. The fourth-order valence-electron chi connectivity index (χ4n) is 5.64. The molecule has 316 valence electrons. The van der Waals surface area contributed by atoms with Gasteiger partial charge in [0.05, 0.1) is 26.4 Å². The summed E-state index contributed by atoms with van der Waals surface area (Å²) in [5, 5.41) is 18.3. The molecule has 0 rings (SSSR count). The first-order chi connectivity index (χ1) is 26.3. The molecular weight excluding hydrogens is 703 g/mol. The van der Waals surface area contributed by atoms with Crippen molar-refractivity contribution in [2.45, 2.75) is 193 Å². The average Bonchev–Trinajstić information content (AvgIpc) is 3.16. The molecule has 0 aliphatic heterocycles. The van der Waals surface area contributed by atoms with Crippen LogP contribution in [-0.2, 0) is 27.9 Å². The van der Waals surface area contributed by atoms with Gasteiger partial charge in [0.2, 0.25) is 0 Å². The zero-order valence-electron chi connectivity index (χ0n) is 34.4. The van der Waals surface area contributed by atoms with Gasteiger partial charge in [0.1, 0.15) is 12.2 Å². The molecule has 0 fully saturated rings. The molecule has 0 aromatic carbocycles. The highest BCUT2D eigenvalue weighted by Gasteiger charge is 2.26. The molecular formula is C44H81O9P. The predicted octanol–water partition coefficient (Wildman–Crippen LogP) is 11.8. The van der Waals surface area contributed by atoms with Crippen LogP contribution in [0.1, 0.15) is 181 Å². The number of esters is 1. The SMILES string of the molecule is CCCC/C=C\C/C=C\CCCCCCCC(=O)OC(COCCCCCCCCCC/C=C\C/C=C\CCCCCC)COP(=O)(O)OCC(O)CO. The van der Waals surface area contributed by atoms with Gasteiger partial charge in [-0.3, -0.25) is 13.8 Å². The second kappa shape index (κ2) is 41.1. The number of phosphoric acid groups is 1. The summed E-state index contributed by atoms with van der Waals surface area (Å²) in [7, 11) is -4.52. The second-order valence-electron chi connectivity index (χ2n) is 14.4. The molecule has 3 atom stereocenters. The van der Waals surface area contributed by atoms with E-state index in [2.05, 4.69) is 62.5 Å². The van der Waals surface area contributed by atoms with Gasteiger partial charge in [-0.05, 0) is 70.6 Å². The Kier molecular flexibility index (Phi) is 39.9. The molecule has 0 spiro atoms. The van der Waals surface area contributed by atoms with Gasteiger partial charge in [-0.1, -0.05) is 152 Å². The van der Waals surface area contributed by atoms with E-state index in [4.69, 9.17) is 23.6 Å². The largest absolute Gasteiger partial charge is 0.472 e. The summed E-state index contributed by atoms with van der Waals surface area (Å²) >= 11 is 0. The zero-order valence-corrected chi connectivity index (χ0v) is 35.3. The summed E-state index contributed by atoms with van der Waals surface area (Å²) in [6.45, 7) is 3.43. The molecule has 0 amide bonds. The van der Waals surface area contributed by atoms with Gasteiger partial charge in [-0.15, -0.1) is 0 Å². The van der Waals surface area contributed by atoms with Crippen LogP contribution in [0.4, 0.5) is 0 Å². The Morgan fingerprint density at radius 3 is 1.54 bits per heavy atom. The summed E-state index contributed by atoms with van der Waals surface area (Å²) in [6, 6.07) is 0. The van der Waals surface area contributed by atoms with Gasteiger partial charge in [-0.25, -0.2) is 4.57 Å². The van der Waals surface area contributed by atoms with Gasteiger partial charge in [0.25, 0.3) is 0 Å². The molecule has 0 saturated carbocycles. The number of carbonyl (C=O) groups excluding carboxylic acids is 1. The molecule has 0 aliphatic carbocycles. The Balaban J connectivity index is 4.19. The molecule has 0 radical (unpaired) electrons. The van der Waals surface area contributed by atoms with Crippen molar-refractivity contribution in [2.24, 2.45) is 0 Å².